The first-order valence-electron chi connectivity index (χ1n) is 8.63. The first-order valence-corrected chi connectivity index (χ1v) is 8.63. The number of carbonyl (C=O) groups is 2. The van der Waals surface area contributed by atoms with Crippen molar-refractivity contribution >= 4 is 12.4 Å². The average molecular weight is 374 g/mol. The summed E-state index contributed by atoms with van der Waals surface area (Å²) in [5, 5.41) is 9.93. The van der Waals surface area contributed by atoms with E-state index in [2.05, 4.69) is 0 Å². The molecule has 1 spiro atoms. The first-order chi connectivity index (χ1) is 13.5. The van der Waals surface area contributed by atoms with E-state index < -0.39 is 11.6 Å². The van der Waals surface area contributed by atoms with Gasteiger partial charge in [0.25, 0.3) is 6.47 Å². The fraction of sp³-hybridized carbons (Fsp3) is 0.0909. The Balaban J connectivity index is 1.84. The van der Waals surface area contributed by atoms with Crippen LogP contribution in [0.2, 0.25) is 0 Å². The van der Waals surface area contributed by atoms with Gasteiger partial charge in [0.2, 0.25) is 0 Å². The Morgan fingerprint density at radius 1 is 0.964 bits per heavy atom. The number of fused-ring (bicyclic) bond motifs is 6. The van der Waals surface area contributed by atoms with Crippen molar-refractivity contribution in [3.05, 3.63) is 82.4 Å². The van der Waals surface area contributed by atoms with E-state index in [0.717, 1.165) is 5.56 Å². The van der Waals surface area contributed by atoms with E-state index >= 15 is 0 Å². The van der Waals surface area contributed by atoms with E-state index in [1.54, 1.807) is 18.2 Å². The summed E-state index contributed by atoms with van der Waals surface area (Å²) in [6, 6.07) is 15.2. The molecule has 6 nitrogen and oxygen atoms in total. The van der Waals surface area contributed by atoms with Crippen molar-refractivity contribution in [1.29, 1.82) is 0 Å². The van der Waals surface area contributed by atoms with Crippen LogP contribution in [0.15, 0.2) is 54.6 Å². The van der Waals surface area contributed by atoms with Gasteiger partial charge in [0.05, 0.1) is 5.56 Å². The lowest BCUT2D eigenvalue weighted by Crippen LogP contribution is -2.33. The Bertz CT molecular complexity index is 1110. The Morgan fingerprint density at radius 2 is 1.68 bits per heavy atom. The second kappa shape index (κ2) is 5.60. The highest BCUT2D eigenvalue weighted by Crippen LogP contribution is 2.56. The summed E-state index contributed by atoms with van der Waals surface area (Å²) in [4.78, 5) is 23.5. The molecule has 28 heavy (non-hydrogen) atoms. The highest BCUT2D eigenvalue weighted by molar-refractivity contribution is 5.97. The molecule has 2 heterocycles. The quantitative estimate of drug-likeness (QED) is 0.543. The number of phenols is 1. The molecule has 0 bridgehead atoms. The van der Waals surface area contributed by atoms with Crippen LogP contribution in [0.4, 0.5) is 0 Å². The summed E-state index contributed by atoms with van der Waals surface area (Å²) in [7, 11) is 0. The number of hydrogen-bond acceptors (Lipinski definition) is 6. The van der Waals surface area contributed by atoms with Crippen molar-refractivity contribution in [1.82, 2.24) is 0 Å². The SMILES string of the molecule is Cc1ccc2c(c1)Oc1cc(O)ccc1C21OC(=O)c2cc(OC=O)ccc21. The molecule has 3 aromatic carbocycles. The minimum atomic E-state index is -1.21. The number of aromatic hydroxyl groups is 1. The molecule has 0 aliphatic carbocycles. The van der Waals surface area contributed by atoms with Gasteiger partial charge in [-0.3, -0.25) is 4.79 Å². The van der Waals surface area contributed by atoms with Crippen LogP contribution in [0.3, 0.4) is 0 Å². The minimum Gasteiger partial charge on any atom is -0.508 e. The lowest BCUT2D eigenvalue weighted by Gasteiger charge is -2.36. The van der Waals surface area contributed by atoms with Crippen molar-refractivity contribution in [2.24, 2.45) is 0 Å². The van der Waals surface area contributed by atoms with Gasteiger partial charge in [-0.15, -0.1) is 0 Å². The summed E-state index contributed by atoms with van der Waals surface area (Å²) in [5.41, 5.74) is 2.00. The molecule has 0 saturated carbocycles. The van der Waals surface area contributed by atoms with Crippen molar-refractivity contribution in [2.75, 3.05) is 0 Å². The van der Waals surface area contributed by atoms with Crippen molar-refractivity contribution in [2.45, 2.75) is 12.5 Å². The predicted molar refractivity (Wildman–Crippen MR) is 97.8 cm³/mol. The molecule has 0 amide bonds. The molecule has 2 aliphatic rings. The monoisotopic (exact) mass is 374 g/mol. The number of phenolic OH excluding ortho intramolecular Hbond substituents is 1. The van der Waals surface area contributed by atoms with Gasteiger partial charge in [-0.05, 0) is 48.9 Å². The molecule has 138 valence electrons. The predicted octanol–water partition coefficient (Wildman–Crippen LogP) is 3.80. The zero-order chi connectivity index (χ0) is 19.5. The molecule has 0 saturated heterocycles. The Hall–Kier alpha value is -3.80. The van der Waals surface area contributed by atoms with Gasteiger partial charge in [-0.2, -0.15) is 0 Å². The molecule has 0 aromatic heterocycles. The minimum absolute atomic E-state index is 0.0456. The van der Waals surface area contributed by atoms with E-state index in [9.17, 15) is 14.7 Å². The van der Waals surface area contributed by atoms with E-state index in [1.807, 2.05) is 25.1 Å². The molecular formula is C22H14O6. The lowest BCUT2D eigenvalue weighted by atomic mass is 9.77. The molecule has 2 aliphatic heterocycles. The van der Waals surface area contributed by atoms with Crippen LogP contribution in [0.1, 0.15) is 32.6 Å². The van der Waals surface area contributed by atoms with Gasteiger partial charge < -0.3 is 19.3 Å². The number of benzene rings is 3. The zero-order valence-corrected chi connectivity index (χ0v) is 14.8. The van der Waals surface area contributed by atoms with Crippen LogP contribution in [0, 0.1) is 6.92 Å². The van der Waals surface area contributed by atoms with Gasteiger partial charge in [0.1, 0.15) is 23.0 Å². The maximum absolute atomic E-state index is 12.8. The Labute approximate surface area is 159 Å². The number of carbonyl (C=O) groups excluding carboxylic acids is 2. The third kappa shape index (κ3) is 2.08. The number of ether oxygens (including phenoxy) is 3. The van der Waals surface area contributed by atoms with E-state index in [-0.39, 0.29) is 11.5 Å². The topological polar surface area (TPSA) is 82.1 Å². The number of aryl methyl sites for hydroxylation is 1. The maximum atomic E-state index is 12.8. The summed E-state index contributed by atoms with van der Waals surface area (Å²) in [6.45, 7) is 2.24. The van der Waals surface area contributed by atoms with Gasteiger partial charge in [0, 0.05) is 22.8 Å². The lowest BCUT2D eigenvalue weighted by molar-refractivity contribution is -0.120. The third-order valence-electron chi connectivity index (χ3n) is 5.10. The first kappa shape index (κ1) is 16.4. The summed E-state index contributed by atoms with van der Waals surface area (Å²) in [6.07, 6.45) is 0. The summed E-state index contributed by atoms with van der Waals surface area (Å²) in [5.74, 6) is 0.729. The fourth-order valence-corrected chi connectivity index (χ4v) is 3.93. The van der Waals surface area contributed by atoms with Crippen LogP contribution < -0.4 is 9.47 Å². The molecule has 5 rings (SSSR count). The number of hydrogen-bond donors (Lipinski definition) is 1. The number of rotatable bonds is 2. The Morgan fingerprint density at radius 3 is 2.46 bits per heavy atom. The number of esters is 1. The zero-order valence-electron chi connectivity index (χ0n) is 14.8. The average Bonchev–Trinajstić information content (AvgIpc) is 2.94. The van der Waals surface area contributed by atoms with Crippen molar-refractivity contribution in [3.8, 4) is 23.0 Å². The second-order valence-electron chi connectivity index (χ2n) is 6.77. The second-order valence-corrected chi connectivity index (χ2v) is 6.77. The van der Waals surface area contributed by atoms with Gasteiger partial charge >= 0.3 is 5.97 Å². The molecule has 1 N–H and O–H groups in total. The van der Waals surface area contributed by atoms with Crippen LogP contribution in [-0.4, -0.2) is 17.5 Å². The van der Waals surface area contributed by atoms with Crippen molar-refractivity contribution in [3.63, 3.8) is 0 Å². The fourth-order valence-electron chi connectivity index (χ4n) is 3.93. The molecule has 6 heteroatoms. The summed E-state index contributed by atoms with van der Waals surface area (Å²) < 4.78 is 16.9. The van der Waals surface area contributed by atoms with Crippen LogP contribution >= 0.6 is 0 Å². The summed E-state index contributed by atoms with van der Waals surface area (Å²) >= 11 is 0. The molecule has 0 fully saturated rings. The third-order valence-corrected chi connectivity index (χ3v) is 5.10. The highest BCUT2D eigenvalue weighted by atomic mass is 16.6. The van der Waals surface area contributed by atoms with Gasteiger partial charge in [-0.25, -0.2) is 4.79 Å². The molecule has 3 aromatic rings. The van der Waals surface area contributed by atoms with Crippen LogP contribution in [-0.2, 0) is 15.1 Å². The van der Waals surface area contributed by atoms with E-state index in [1.165, 1.54) is 18.2 Å². The van der Waals surface area contributed by atoms with Gasteiger partial charge in [0.15, 0.2) is 5.60 Å². The standard InChI is InChI=1S/C22H14O6/c1-12-2-5-17-19(8-12)27-20-9-13(24)3-6-18(20)22(17)16-7-4-14(26-11-23)10-15(16)21(25)28-22/h2-11,24H,1H3. The Kier molecular flexibility index (Phi) is 3.27. The largest absolute Gasteiger partial charge is 0.508 e. The van der Waals surface area contributed by atoms with Crippen LogP contribution in [0.25, 0.3) is 0 Å². The van der Waals surface area contributed by atoms with E-state index in [4.69, 9.17) is 14.2 Å². The van der Waals surface area contributed by atoms with Crippen LogP contribution in [0.5, 0.6) is 23.0 Å². The molecule has 1 unspecified atom stereocenters. The van der Waals surface area contributed by atoms with Crippen molar-refractivity contribution < 1.29 is 28.9 Å². The highest BCUT2D eigenvalue weighted by Gasteiger charge is 2.53. The molecular weight excluding hydrogens is 360 g/mol. The maximum Gasteiger partial charge on any atom is 0.340 e. The molecule has 1 atom stereocenters. The molecule has 0 radical (unpaired) electrons. The normalized spacial score (nSPS) is 18.5. The smallest absolute Gasteiger partial charge is 0.340 e. The van der Waals surface area contributed by atoms with Gasteiger partial charge in [-0.1, -0.05) is 12.1 Å². The van der Waals surface area contributed by atoms with E-state index in [0.29, 0.717) is 40.2 Å².